The Morgan fingerprint density at radius 2 is 1.83 bits per heavy atom. The van der Waals surface area contributed by atoms with Gasteiger partial charge in [0.2, 0.25) is 0 Å². The van der Waals surface area contributed by atoms with Crippen LogP contribution in [0.25, 0.3) is 0 Å². The van der Waals surface area contributed by atoms with Crippen molar-refractivity contribution in [2.24, 2.45) is 10.9 Å². The van der Waals surface area contributed by atoms with Gasteiger partial charge in [0.05, 0.1) is 0 Å². The average molecular weight is 249 g/mol. The lowest BCUT2D eigenvalue weighted by Gasteiger charge is -2.34. The van der Waals surface area contributed by atoms with Crippen molar-refractivity contribution in [3.63, 3.8) is 0 Å². The van der Waals surface area contributed by atoms with Crippen molar-refractivity contribution < 1.29 is 0 Å². The third-order valence-electron chi connectivity index (χ3n) is 3.90. The second-order valence-corrected chi connectivity index (χ2v) is 5.44. The summed E-state index contributed by atoms with van der Waals surface area (Å²) in [5.74, 6) is 1.70. The zero-order chi connectivity index (χ0) is 13.5. The van der Waals surface area contributed by atoms with E-state index >= 15 is 0 Å². The van der Waals surface area contributed by atoms with Gasteiger partial charge in [-0.05, 0) is 58.5 Å². The van der Waals surface area contributed by atoms with Crippen molar-refractivity contribution in [2.45, 2.75) is 31.7 Å². The summed E-state index contributed by atoms with van der Waals surface area (Å²) in [4.78, 5) is 8.59. The SMILES string of the molecule is C=CC=C(N=C)N(C)CC1CCC(N(C)C)CC1. The van der Waals surface area contributed by atoms with Gasteiger partial charge in [-0.3, -0.25) is 0 Å². The van der Waals surface area contributed by atoms with Gasteiger partial charge in [-0.1, -0.05) is 12.7 Å². The van der Waals surface area contributed by atoms with E-state index in [1.807, 2.05) is 6.08 Å². The van der Waals surface area contributed by atoms with E-state index in [2.05, 4.69) is 49.2 Å². The largest absolute Gasteiger partial charge is 0.359 e. The van der Waals surface area contributed by atoms with Crippen LogP contribution in [0.5, 0.6) is 0 Å². The number of rotatable bonds is 6. The Morgan fingerprint density at radius 1 is 1.22 bits per heavy atom. The van der Waals surface area contributed by atoms with Crippen LogP contribution in [0.1, 0.15) is 25.7 Å². The Bertz CT molecular complexity index is 299. The number of allylic oxidation sites excluding steroid dienone is 2. The second kappa shape index (κ2) is 7.37. The van der Waals surface area contributed by atoms with E-state index in [1.54, 1.807) is 6.08 Å². The van der Waals surface area contributed by atoms with E-state index in [1.165, 1.54) is 25.7 Å². The number of aliphatic imine (C=N–C) groups is 1. The minimum Gasteiger partial charge on any atom is -0.359 e. The molecule has 0 aromatic carbocycles. The predicted molar refractivity (Wildman–Crippen MR) is 79.9 cm³/mol. The molecule has 0 heterocycles. The van der Waals surface area contributed by atoms with Gasteiger partial charge in [-0.25, -0.2) is 4.99 Å². The molecule has 1 saturated carbocycles. The van der Waals surface area contributed by atoms with Gasteiger partial charge in [0.25, 0.3) is 0 Å². The highest BCUT2D eigenvalue weighted by molar-refractivity contribution is 5.29. The molecule has 0 N–H and O–H groups in total. The highest BCUT2D eigenvalue weighted by Gasteiger charge is 2.23. The first-order valence-electron chi connectivity index (χ1n) is 6.75. The summed E-state index contributed by atoms with van der Waals surface area (Å²) in [6, 6.07) is 0.771. The molecule has 1 fully saturated rings. The maximum atomic E-state index is 4.04. The van der Waals surface area contributed by atoms with Gasteiger partial charge in [0, 0.05) is 19.6 Å². The molecule has 0 atom stereocenters. The molecule has 0 aromatic heterocycles. The molecular weight excluding hydrogens is 222 g/mol. The Morgan fingerprint density at radius 3 is 2.28 bits per heavy atom. The molecule has 0 saturated heterocycles. The number of nitrogens with zero attached hydrogens (tertiary/aromatic N) is 3. The predicted octanol–water partition coefficient (Wildman–Crippen LogP) is 2.77. The number of hydrogen-bond donors (Lipinski definition) is 0. The molecule has 102 valence electrons. The standard InChI is InChI=1S/C15H27N3/c1-6-7-15(16-2)18(5)12-13-8-10-14(11-9-13)17(3)4/h6-7,13-14H,1-2,8-12H2,3-5H3. The molecule has 0 bridgehead atoms. The van der Waals surface area contributed by atoms with Crippen LogP contribution in [-0.4, -0.2) is 50.2 Å². The van der Waals surface area contributed by atoms with Crippen LogP contribution in [0, 0.1) is 5.92 Å². The van der Waals surface area contributed by atoms with Crippen molar-refractivity contribution in [3.05, 3.63) is 24.6 Å². The maximum absolute atomic E-state index is 4.04. The molecule has 0 amide bonds. The Kier molecular flexibility index (Phi) is 6.13. The lowest BCUT2D eigenvalue weighted by atomic mass is 9.85. The van der Waals surface area contributed by atoms with Crippen LogP contribution in [-0.2, 0) is 0 Å². The average Bonchev–Trinajstić information content (AvgIpc) is 2.36. The van der Waals surface area contributed by atoms with Gasteiger partial charge in [0.1, 0.15) is 5.82 Å². The first-order valence-corrected chi connectivity index (χ1v) is 6.75. The normalized spacial score (nSPS) is 25.0. The zero-order valence-corrected chi connectivity index (χ0v) is 12.1. The van der Waals surface area contributed by atoms with E-state index in [9.17, 15) is 0 Å². The smallest absolute Gasteiger partial charge is 0.127 e. The first kappa shape index (κ1) is 15.0. The molecule has 0 unspecified atom stereocenters. The number of hydrogen-bond acceptors (Lipinski definition) is 3. The quantitative estimate of drug-likeness (QED) is 0.532. The molecule has 3 heteroatoms. The third-order valence-corrected chi connectivity index (χ3v) is 3.90. The van der Waals surface area contributed by atoms with E-state index in [0.29, 0.717) is 0 Å². The fraction of sp³-hybridized carbons (Fsp3) is 0.667. The zero-order valence-electron chi connectivity index (χ0n) is 12.1. The van der Waals surface area contributed by atoms with Crippen molar-refractivity contribution in [3.8, 4) is 0 Å². The molecular formula is C15H27N3. The summed E-state index contributed by atoms with van der Waals surface area (Å²) < 4.78 is 0. The van der Waals surface area contributed by atoms with E-state index in [-0.39, 0.29) is 0 Å². The van der Waals surface area contributed by atoms with Crippen molar-refractivity contribution >= 4 is 6.72 Å². The first-order chi connectivity index (χ1) is 8.58. The van der Waals surface area contributed by atoms with Crippen LogP contribution in [0.2, 0.25) is 0 Å². The van der Waals surface area contributed by atoms with E-state index < -0.39 is 0 Å². The van der Waals surface area contributed by atoms with Crippen molar-refractivity contribution in [1.82, 2.24) is 9.80 Å². The lowest BCUT2D eigenvalue weighted by Crippen LogP contribution is -2.35. The summed E-state index contributed by atoms with van der Waals surface area (Å²) in [6.07, 6.45) is 8.93. The Hall–Kier alpha value is -1.09. The highest BCUT2D eigenvalue weighted by atomic mass is 15.2. The van der Waals surface area contributed by atoms with E-state index in [4.69, 9.17) is 0 Å². The molecule has 18 heavy (non-hydrogen) atoms. The molecule has 3 nitrogen and oxygen atoms in total. The summed E-state index contributed by atoms with van der Waals surface area (Å²) in [5.41, 5.74) is 0. The monoisotopic (exact) mass is 249 g/mol. The minimum atomic E-state index is 0.771. The van der Waals surface area contributed by atoms with Gasteiger partial charge >= 0.3 is 0 Å². The summed E-state index contributed by atoms with van der Waals surface area (Å²) >= 11 is 0. The molecule has 1 aliphatic carbocycles. The van der Waals surface area contributed by atoms with Crippen molar-refractivity contribution in [1.29, 1.82) is 0 Å². The van der Waals surface area contributed by atoms with Gasteiger partial charge in [-0.15, -0.1) is 0 Å². The second-order valence-electron chi connectivity index (χ2n) is 5.44. The van der Waals surface area contributed by atoms with E-state index in [0.717, 1.165) is 24.3 Å². The Labute approximate surface area is 112 Å². The topological polar surface area (TPSA) is 18.8 Å². The van der Waals surface area contributed by atoms with Gasteiger partial charge in [-0.2, -0.15) is 0 Å². The lowest BCUT2D eigenvalue weighted by molar-refractivity contribution is 0.174. The molecule has 1 rings (SSSR count). The molecule has 0 aromatic rings. The van der Waals surface area contributed by atoms with Crippen LogP contribution in [0.3, 0.4) is 0 Å². The maximum Gasteiger partial charge on any atom is 0.127 e. The van der Waals surface area contributed by atoms with Gasteiger partial charge < -0.3 is 9.80 Å². The fourth-order valence-electron chi connectivity index (χ4n) is 2.73. The molecule has 0 radical (unpaired) electrons. The van der Waals surface area contributed by atoms with Crippen LogP contribution in [0.15, 0.2) is 29.5 Å². The third kappa shape index (κ3) is 4.30. The summed E-state index contributed by atoms with van der Waals surface area (Å²) in [6.45, 7) is 8.39. The van der Waals surface area contributed by atoms with Crippen molar-refractivity contribution in [2.75, 3.05) is 27.7 Å². The van der Waals surface area contributed by atoms with Gasteiger partial charge in [0.15, 0.2) is 0 Å². The van der Waals surface area contributed by atoms with Crippen LogP contribution in [0.4, 0.5) is 0 Å². The fourth-order valence-corrected chi connectivity index (χ4v) is 2.73. The summed E-state index contributed by atoms with van der Waals surface area (Å²) in [7, 11) is 6.45. The minimum absolute atomic E-state index is 0.771. The molecule has 0 aliphatic heterocycles. The van der Waals surface area contributed by atoms with Crippen LogP contribution < -0.4 is 0 Å². The molecule has 1 aliphatic rings. The van der Waals surface area contributed by atoms with Crippen LogP contribution >= 0.6 is 0 Å². The molecule has 0 spiro atoms. The summed E-state index contributed by atoms with van der Waals surface area (Å²) in [5, 5.41) is 0. The highest BCUT2D eigenvalue weighted by Crippen LogP contribution is 2.27. The Balaban J connectivity index is 2.43.